The second-order valence-electron chi connectivity index (χ2n) is 5.69. The molecule has 1 aliphatic rings. The molecule has 3 heterocycles. The van der Waals surface area contributed by atoms with E-state index < -0.39 is 9.85 Å². The van der Waals surface area contributed by atoms with Crippen LogP contribution in [0, 0.1) is 20.2 Å². The summed E-state index contributed by atoms with van der Waals surface area (Å²) in [6.07, 6.45) is 7.79. The maximum absolute atomic E-state index is 10.8. The van der Waals surface area contributed by atoms with Gasteiger partial charge in [0.15, 0.2) is 0 Å². The van der Waals surface area contributed by atoms with Crippen molar-refractivity contribution in [3.05, 3.63) is 66.4 Å². The maximum atomic E-state index is 10.8. The number of allylic oxidation sites excluding steroid dienone is 2. The van der Waals surface area contributed by atoms with E-state index in [1.807, 2.05) is 0 Å². The molecule has 2 N–H and O–H groups in total. The van der Waals surface area contributed by atoms with Crippen LogP contribution in [0.2, 0.25) is 0 Å². The van der Waals surface area contributed by atoms with E-state index >= 15 is 0 Å². The van der Waals surface area contributed by atoms with Gasteiger partial charge in [0, 0.05) is 35.0 Å². The summed E-state index contributed by atoms with van der Waals surface area (Å²) in [4.78, 5) is 26.5. The average Bonchev–Trinajstić information content (AvgIpc) is 3.38. The van der Waals surface area contributed by atoms with Gasteiger partial charge in [-0.2, -0.15) is 5.10 Å². The maximum Gasteiger partial charge on any atom is 0.324 e. The molecule has 2 aromatic heterocycles. The van der Waals surface area contributed by atoms with Crippen molar-refractivity contribution < 1.29 is 9.85 Å². The predicted octanol–water partition coefficient (Wildman–Crippen LogP) is 3.65. The lowest BCUT2D eigenvalue weighted by Crippen LogP contribution is -2.38. The Morgan fingerprint density at radius 1 is 1.07 bits per heavy atom. The number of nitrogens with zero attached hydrogens (tertiary/aromatic N) is 4. The summed E-state index contributed by atoms with van der Waals surface area (Å²) in [5.41, 5.74) is 3.38. The third kappa shape index (κ3) is 6.05. The largest absolute Gasteiger partial charge is 0.355 e. The molecule has 1 aliphatic heterocycles. The van der Waals surface area contributed by atoms with E-state index in [1.54, 1.807) is 36.4 Å². The van der Waals surface area contributed by atoms with Crippen molar-refractivity contribution in [2.24, 2.45) is 10.1 Å². The molecule has 150 valence electrons. The summed E-state index contributed by atoms with van der Waals surface area (Å²) in [6, 6.07) is 6.20. The molecule has 0 fully saturated rings. The summed E-state index contributed by atoms with van der Waals surface area (Å²) in [7, 11) is 0. The summed E-state index contributed by atoms with van der Waals surface area (Å²) in [5, 5.41) is 29.2. The molecule has 29 heavy (non-hydrogen) atoms. The lowest BCUT2D eigenvalue weighted by Gasteiger charge is -2.13. The van der Waals surface area contributed by atoms with Gasteiger partial charge < -0.3 is 5.32 Å². The zero-order valence-electron chi connectivity index (χ0n) is 15.0. The highest BCUT2D eigenvalue weighted by molar-refractivity contribution is 7.16. The number of guanidine groups is 1. The first kappa shape index (κ1) is 20.4. The molecule has 0 spiro atoms. The van der Waals surface area contributed by atoms with E-state index in [-0.39, 0.29) is 10.0 Å². The van der Waals surface area contributed by atoms with Gasteiger partial charge in [-0.05, 0) is 42.9 Å². The molecule has 0 bridgehead atoms. The number of nitro groups is 2. The van der Waals surface area contributed by atoms with Crippen molar-refractivity contribution >= 4 is 56.5 Å². The minimum absolute atomic E-state index is 0.0588. The van der Waals surface area contributed by atoms with Crippen molar-refractivity contribution in [2.45, 2.75) is 6.42 Å². The zero-order chi connectivity index (χ0) is 20.6. The second-order valence-corrected chi connectivity index (χ2v) is 7.88. The Morgan fingerprint density at radius 2 is 1.66 bits per heavy atom. The van der Waals surface area contributed by atoms with Gasteiger partial charge in [-0.15, -0.1) is 0 Å². The minimum atomic E-state index is -0.435. The predicted molar refractivity (Wildman–Crippen MR) is 116 cm³/mol. The quantitative estimate of drug-likeness (QED) is 0.389. The molecule has 0 aromatic carbocycles. The Hall–Kier alpha value is -3.38. The van der Waals surface area contributed by atoms with Gasteiger partial charge in [0.2, 0.25) is 5.96 Å². The van der Waals surface area contributed by atoms with E-state index in [0.29, 0.717) is 28.0 Å². The molecule has 0 amide bonds. The van der Waals surface area contributed by atoms with Crippen molar-refractivity contribution in [2.75, 3.05) is 13.1 Å². The van der Waals surface area contributed by atoms with Crippen molar-refractivity contribution in [3.8, 4) is 0 Å². The Morgan fingerprint density at radius 3 is 2.10 bits per heavy atom. The fourth-order valence-electron chi connectivity index (χ4n) is 2.25. The molecular formula is C17H16N6O4S2. The SMILES string of the molecule is O=[N+]([O-])c1ccc(/C=C/C(/C=C/c2ccc([N+](=O)[O-])s2)=NNC2=NCCCN2)s1. The Kier molecular flexibility index (Phi) is 6.81. The van der Waals surface area contributed by atoms with Crippen molar-refractivity contribution in [1.29, 1.82) is 0 Å². The first-order chi connectivity index (χ1) is 14.0. The number of nitrogens with one attached hydrogen (secondary N) is 2. The van der Waals surface area contributed by atoms with Crippen LogP contribution in [-0.4, -0.2) is 34.6 Å². The van der Waals surface area contributed by atoms with Crippen LogP contribution in [0.4, 0.5) is 10.0 Å². The highest BCUT2D eigenvalue weighted by atomic mass is 32.1. The van der Waals surface area contributed by atoms with Gasteiger partial charge in [-0.1, -0.05) is 22.7 Å². The first-order valence-corrected chi connectivity index (χ1v) is 10.1. The molecule has 0 unspecified atom stereocenters. The van der Waals surface area contributed by atoms with E-state index in [2.05, 4.69) is 20.8 Å². The molecule has 12 heteroatoms. The summed E-state index contributed by atoms with van der Waals surface area (Å²) in [6.45, 7) is 1.52. The van der Waals surface area contributed by atoms with Crippen LogP contribution >= 0.6 is 22.7 Å². The van der Waals surface area contributed by atoms with E-state index in [0.717, 1.165) is 35.6 Å². The summed E-state index contributed by atoms with van der Waals surface area (Å²) < 4.78 is 0. The Labute approximate surface area is 173 Å². The fourth-order valence-corrected chi connectivity index (χ4v) is 3.70. The van der Waals surface area contributed by atoms with E-state index in [4.69, 9.17) is 0 Å². The van der Waals surface area contributed by atoms with E-state index in [9.17, 15) is 20.2 Å². The topological polar surface area (TPSA) is 135 Å². The molecule has 0 saturated carbocycles. The average molecular weight is 432 g/mol. The highest BCUT2D eigenvalue weighted by Crippen LogP contribution is 2.26. The third-order valence-corrected chi connectivity index (χ3v) is 5.61. The molecule has 10 nitrogen and oxygen atoms in total. The second kappa shape index (κ2) is 9.71. The zero-order valence-corrected chi connectivity index (χ0v) is 16.6. The normalized spacial score (nSPS) is 13.9. The summed E-state index contributed by atoms with van der Waals surface area (Å²) in [5.74, 6) is 0.564. The first-order valence-electron chi connectivity index (χ1n) is 8.48. The Balaban J connectivity index is 1.78. The van der Waals surface area contributed by atoms with Gasteiger partial charge in [0.05, 0.1) is 15.6 Å². The number of aliphatic imine (C=N–C) groups is 1. The van der Waals surface area contributed by atoms with Crippen molar-refractivity contribution in [1.82, 2.24) is 10.7 Å². The minimum Gasteiger partial charge on any atom is -0.355 e. The smallest absolute Gasteiger partial charge is 0.324 e. The van der Waals surface area contributed by atoms with Crippen LogP contribution in [0.3, 0.4) is 0 Å². The molecule has 3 rings (SSSR count). The molecule has 0 aliphatic carbocycles. The number of rotatable bonds is 7. The van der Waals surface area contributed by atoms with Crippen LogP contribution in [0.15, 0.2) is 46.5 Å². The number of hydrogen-bond acceptors (Lipinski definition) is 10. The van der Waals surface area contributed by atoms with E-state index in [1.165, 1.54) is 12.1 Å². The Bertz CT molecular complexity index is 957. The molecule has 0 saturated heterocycles. The third-order valence-electron chi connectivity index (χ3n) is 3.61. The van der Waals surface area contributed by atoms with Gasteiger partial charge in [0.1, 0.15) is 0 Å². The van der Waals surface area contributed by atoms with Crippen LogP contribution in [0.25, 0.3) is 12.2 Å². The molecule has 2 aromatic rings. The lowest BCUT2D eigenvalue weighted by molar-refractivity contribution is -0.380. The van der Waals surface area contributed by atoms with Crippen molar-refractivity contribution in [3.63, 3.8) is 0 Å². The lowest BCUT2D eigenvalue weighted by atomic mass is 10.2. The van der Waals surface area contributed by atoms with Gasteiger partial charge in [0.25, 0.3) is 0 Å². The highest BCUT2D eigenvalue weighted by Gasteiger charge is 2.09. The van der Waals surface area contributed by atoms with Crippen LogP contribution < -0.4 is 10.7 Å². The number of hydrazone groups is 1. The molecule has 0 atom stereocenters. The molecular weight excluding hydrogens is 416 g/mol. The molecule has 0 radical (unpaired) electrons. The van der Waals surface area contributed by atoms with Gasteiger partial charge in [-0.25, -0.2) is 5.43 Å². The van der Waals surface area contributed by atoms with Crippen LogP contribution in [-0.2, 0) is 0 Å². The van der Waals surface area contributed by atoms with Crippen LogP contribution in [0.5, 0.6) is 0 Å². The summed E-state index contributed by atoms with van der Waals surface area (Å²) >= 11 is 2.11. The number of thiophene rings is 2. The van der Waals surface area contributed by atoms with Gasteiger partial charge in [-0.3, -0.25) is 25.2 Å². The monoisotopic (exact) mass is 432 g/mol. The fraction of sp³-hybridized carbons (Fsp3) is 0.176. The van der Waals surface area contributed by atoms with Crippen LogP contribution in [0.1, 0.15) is 16.2 Å². The standard InChI is InChI=1S/C17H16N6O4S2/c24-22(25)15-8-6-13(28-15)4-2-12(20-21-17-18-10-1-11-19-17)3-5-14-7-9-16(29-14)23(26)27/h2-9H,1,10-11H2,(H2,18,19,21)/b4-2+,5-3+. The van der Waals surface area contributed by atoms with Gasteiger partial charge >= 0.3 is 10.0 Å². The number of hydrogen-bond donors (Lipinski definition) is 2.